The summed E-state index contributed by atoms with van der Waals surface area (Å²) in [5, 5.41) is 10.3. The maximum absolute atomic E-state index is 5.69. The van der Waals surface area contributed by atoms with E-state index in [1.807, 2.05) is 0 Å². The van der Waals surface area contributed by atoms with Gasteiger partial charge in [0.15, 0.2) is 11.5 Å². The highest BCUT2D eigenvalue weighted by atomic mass is 16.6. The fourth-order valence-electron chi connectivity index (χ4n) is 1.64. The van der Waals surface area contributed by atoms with Crippen LogP contribution in [-0.2, 0) is 4.74 Å². The largest absolute Gasteiger partial charge is 0.382 e. The fraction of sp³-hybridized carbons (Fsp3) is 0.700. The molecule has 0 aromatic carbocycles. The summed E-state index contributed by atoms with van der Waals surface area (Å²) < 4.78 is 9.72. The molecule has 100 valence electrons. The first kappa shape index (κ1) is 12.9. The normalized spacial score (nSPS) is 18.1. The van der Waals surface area contributed by atoms with Crippen molar-refractivity contribution in [3.05, 3.63) is 11.9 Å². The van der Waals surface area contributed by atoms with Gasteiger partial charge in [-0.25, -0.2) is 4.63 Å². The van der Waals surface area contributed by atoms with Crippen molar-refractivity contribution in [1.82, 2.24) is 20.5 Å². The van der Waals surface area contributed by atoms with E-state index in [0.717, 1.165) is 39.4 Å². The Kier molecular flexibility index (Phi) is 5.06. The second-order valence-corrected chi connectivity index (χ2v) is 3.95. The number of nitrogens with one attached hydrogen (secondary N) is 1. The van der Waals surface area contributed by atoms with Gasteiger partial charge < -0.3 is 10.5 Å². The number of aliphatic imine (C=N–C) groups is 1. The van der Waals surface area contributed by atoms with Crippen LogP contribution >= 0.6 is 0 Å². The summed E-state index contributed by atoms with van der Waals surface area (Å²) >= 11 is 0. The van der Waals surface area contributed by atoms with Gasteiger partial charge in [0.25, 0.3) is 0 Å². The predicted octanol–water partition coefficient (Wildman–Crippen LogP) is -1.35. The molecule has 1 fully saturated rings. The SMILES string of the molecule is NC(=NCNCCN1CCOCC1)c1cnon1. The molecule has 0 aliphatic carbocycles. The smallest absolute Gasteiger partial charge is 0.169 e. The van der Waals surface area contributed by atoms with Gasteiger partial charge >= 0.3 is 0 Å². The predicted molar refractivity (Wildman–Crippen MR) is 65.2 cm³/mol. The third-order valence-corrected chi connectivity index (χ3v) is 2.69. The van der Waals surface area contributed by atoms with Gasteiger partial charge in [-0.05, 0) is 5.16 Å². The summed E-state index contributed by atoms with van der Waals surface area (Å²) in [6.45, 7) is 5.96. The van der Waals surface area contributed by atoms with Crippen LogP contribution in [0.2, 0.25) is 0 Å². The Balaban J connectivity index is 1.59. The minimum absolute atomic E-state index is 0.329. The van der Waals surface area contributed by atoms with E-state index in [-0.39, 0.29) is 0 Å². The summed E-state index contributed by atoms with van der Waals surface area (Å²) in [5.41, 5.74) is 6.15. The first-order chi connectivity index (χ1) is 8.86. The van der Waals surface area contributed by atoms with Crippen LogP contribution in [0, 0.1) is 0 Å². The van der Waals surface area contributed by atoms with Crippen LogP contribution in [-0.4, -0.2) is 67.1 Å². The van der Waals surface area contributed by atoms with Gasteiger partial charge in [0, 0.05) is 26.2 Å². The highest BCUT2D eigenvalue weighted by Crippen LogP contribution is 1.94. The topological polar surface area (TPSA) is 102 Å². The summed E-state index contributed by atoms with van der Waals surface area (Å²) in [5.74, 6) is 0.329. The van der Waals surface area contributed by atoms with E-state index in [2.05, 4.69) is 30.2 Å². The fourth-order valence-corrected chi connectivity index (χ4v) is 1.64. The lowest BCUT2D eigenvalue weighted by molar-refractivity contribution is 0.0385. The van der Waals surface area contributed by atoms with Gasteiger partial charge in [-0.3, -0.25) is 15.2 Å². The van der Waals surface area contributed by atoms with Crippen LogP contribution in [0.1, 0.15) is 5.69 Å². The second-order valence-electron chi connectivity index (χ2n) is 3.95. The molecule has 0 bridgehead atoms. The Morgan fingerprint density at radius 1 is 1.50 bits per heavy atom. The summed E-state index contributed by atoms with van der Waals surface area (Å²) in [6, 6.07) is 0. The van der Waals surface area contributed by atoms with E-state index >= 15 is 0 Å². The van der Waals surface area contributed by atoms with Crippen molar-refractivity contribution in [3.63, 3.8) is 0 Å². The highest BCUT2D eigenvalue weighted by Gasteiger charge is 2.08. The van der Waals surface area contributed by atoms with E-state index in [1.54, 1.807) is 0 Å². The summed E-state index contributed by atoms with van der Waals surface area (Å²) in [6.07, 6.45) is 1.44. The van der Waals surface area contributed by atoms with Gasteiger partial charge in [-0.2, -0.15) is 0 Å². The third-order valence-electron chi connectivity index (χ3n) is 2.69. The van der Waals surface area contributed by atoms with Crippen LogP contribution in [0.3, 0.4) is 0 Å². The van der Waals surface area contributed by atoms with Crippen LogP contribution in [0.5, 0.6) is 0 Å². The average molecular weight is 254 g/mol. The Labute approximate surface area is 105 Å². The molecule has 3 N–H and O–H groups in total. The molecule has 18 heavy (non-hydrogen) atoms. The zero-order valence-electron chi connectivity index (χ0n) is 10.2. The zero-order valence-corrected chi connectivity index (χ0v) is 10.2. The first-order valence-electron chi connectivity index (χ1n) is 5.95. The highest BCUT2D eigenvalue weighted by molar-refractivity contribution is 5.95. The molecule has 2 rings (SSSR count). The molecule has 1 aliphatic heterocycles. The Hall–Kier alpha value is -1.51. The third kappa shape index (κ3) is 4.06. The van der Waals surface area contributed by atoms with Crippen molar-refractivity contribution in [2.75, 3.05) is 46.1 Å². The van der Waals surface area contributed by atoms with Gasteiger partial charge in [0.2, 0.25) is 0 Å². The lowest BCUT2D eigenvalue weighted by Gasteiger charge is -2.26. The van der Waals surface area contributed by atoms with Crippen LogP contribution < -0.4 is 11.1 Å². The van der Waals surface area contributed by atoms with Crippen LogP contribution in [0.15, 0.2) is 15.8 Å². The molecular weight excluding hydrogens is 236 g/mol. The molecule has 0 radical (unpaired) electrons. The summed E-state index contributed by atoms with van der Waals surface area (Å²) in [7, 11) is 0. The van der Waals surface area contributed by atoms with Crippen molar-refractivity contribution in [2.24, 2.45) is 10.7 Å². The molecule has 0 amide bonds. The molecule has 1 aliphatic rings. The van der Waals surface area contributed by atoms with E-state index in [1.165, 1.54) is 6.20 Å². The van der Waals surface area contributed by atoms with Crippen molar-refractivity contribution in [3.8, 4) is 0 Å². The molecule has 8 heteroatoms. The quantitative estimate of drug-likeness (QED) is 0.368. The molecule has 0 spiro atoms. The number of hydrogen-bond donors (Lipinski definition) is 2. The van der Waals surface area contributed by atoms with Gasteiger partial charge in [0.05, 0.1) is 19.9 Å². The molecule has 0 atom stereocenters. The minimum Gasteiger partial charge on any atom is -0.382 e. The van der Waals surface area contributed by atoms with Gasteiger partial charge in [-0.15, -0.1) is 0 Å². The second kappa shape index (κ2) is 7.04. The van der Waals surface area contributed by atoms with Crippen molar-refractivity contribution < 1.29 is 9.37 Å². The molecule has 1 saturated heterocycles. The Morgan fingerprint density at radius 3 is 3.06 bits per heavy atom. The number of morpholine rings is 1. The molecule has 0 unspecified atom stereocenters. The van der Waals surface area contributed by atoms with E-state index in [0.29, 0.717) is 18.2 Å². The summed E-state index contributed by atoms with van der Waals surface area (Å²) in [4.78, 5) is 6.48. The number of ether oxygens (including phenoxy) is 1. The van der Waals surface area contributed by atoms with Gasteiger partial charge in [0.1, 0.15) is 6.20 Å². The molecule has 8 nitrogen and oxygen atoms in total. The molecule has 2 heterocycles. The monoisotopic (exact) mass is 254 g/mol. The number of rotatable bonds is 6. The van der Waals surface area contributed by atoms with E-state index < -0.39 is 0 Å². The first-order valence-corrected chi connectivity index (χ1v) is 5.95. The Morgan fingerprint density at radius 2 is 2.33 bits per heavy atom. The minimum atomic E-state index is 0.329. The number of hydrogen-bond acceptors (Lipinski definition) is 7. The molecule has 0 saturated carbocycles. The maximum atomic E-state index is 5.69. The standard InChI is InChI=1S/C10H18N6O2/c11-10(9-7-14-18-15-9)13-8-12-1-2-16-3-5-17-6-4-16/h7,12H,1-6,8H2,(H2,11,13). The maximum Gasteiger partial charge on any atom is 0.169 e. The lowest BCUT2D eigenvalue weighted by Crippen LogP contribution is -2.40. The van der Waals surface area contributed by atoms with Crippen molar-refractivity contribution in [1.29, 1.82) is 0 Å². The molecule has 1 aromatic heterocycles. The van der Waals surface area contributed by atoms with Crippen molar-refractivity contribution in [2.45, 2.75) is 0 Å². The number of nitrogens with zero attached hydrogens (tertiary/aromatic N) is 4. The van der Waals surface area contributed by atoms with Crippen LogP contribution in [0.4, 0.5) is 0 Å². The molecular formula is C10H18N6O2. The number of amidine groups is 1. The average Bonchev–Trinajstić information content (AvgIpc) is 2.93. The lowest BCUT2D eigenvalue weighted by atomic mass is 10.4. The van der Waals surface area contributed by atoms with Crippen molar-refractivity contribution >= 4 is 5.84 Å². The van der Waals surface area contributed by atoms with E-state index in [9.17, 15) is 0 Å². The molecule has 1 aromatic rings. The number of nitrogens with two attached hydrogens (primary N) is 1. The number of aromatic nitrogens is 2. The Bertz CT molecular complexity index is 360. The van der Waals surface area contributed by atoms with Crippen LogP contribution in [0.25, 0.3) is 0 Å². The van der Waals surface area contributed by atoms with Gasteiger partial charge in [-0.1, -0.05) is 5.16 Å². The zero-order chi connectivity index (χ0) is 12.6. The van der Waals surface area contributed by atoms with E-state index in [4.69, 9.17) is 10.5 Å².